The lowest BCUT2D eigenvalue weighted by atomic mass is 10.1. The Labute approximate surface area is 210 Å². The number of unbranched alkanes of at least 4 members (excludes halogenated alkanes) is 1. The summed E-state index contributed by atoms with van der Waals surface area (Å²) in [7, 11) is 0. The zero-order chi connectivity index (χ0) is 25.8. The smallest absolute Gasteiger partial charge is 0.343 e. The van der Waals surface area contributed by atoms with Crippen LogP contribution in [0.1, 0.15) is 46.0 Å². The fourth-order valence-electron chi connectivity index (χ4n) is 3.10. The minimum Gasteiger partial charge on any atom is -0.494 e. The van der Waals surface area contributed by atoms with Crippen LogP contribution in [-0.4, -0.2) is 31.1 Å². The zero-order valence-electron chi connectivity index (χ0n) is 20.1. The molecular weight excluding hydrogens is 460 g/mol. The molecular formula is C29H28O7. The van der Waals surface area contributed by atoms with Gasteiger partial charge in [-0.25, -0.2) is 14.4 Å². The third kappa shape index (κ3) is 8.13. The molecule has 36 heavy (non-hydrogen) atoms. The predicted molar refractivity (Wildman–Crippen MR) is 135 cm³/mol. The van der Waals surface area contributed by atoms with E-state index in [1.54, 1.807) is 60.7 Å². The maximum atomic E-state index is 12.4. The van der Waals surface area contributed by atoms with Crippen LogP contribution in [-0.2, 0) is 16.0 Å². The minimum atomic E-state index is -0.522. The van der Waals surface area contributed by atoms with E-state index in [0.717, 1.165) is 18.1 Å². The first-order valence-corrected chi connectivity index (χ1v) is 11.6. The largest absolute Gasteiger partial charge is 0.494 e. The van der Waals surface area contributed by atoms with Crippen LogP contribution in [0.15, 0.2) is 85.5 Å². The summed E-state index contributed by atoms with van der Waals surface area (Å²) in [4.78, 5) is 35.7. The third-order valence-corrected chi connectivity index (χ3v) is 5.15. The normalized spacial score (nSPS) is 10.2. The van der Waals surface area contributed by atoms with Gasteiger partial charge in [0.25, 0.3) is 0 Å². The summed E-state index contributed by atoms with van der Waals surface area (Å²) in [6.45, 7) is 6.15. The molecule has 3 rings (SSSR count). The van der Waals surface area contributed by atoms with Crippen molar-refractivity contribution in [2.45, 2.75) is 26.2 Å². The van der Waals surface area contributed by atoms with Gasteiger partial charge in [0, 0.05) is 6.08 Å². The van der Waals surface area contributed by atoms with Crippen molar-refractivity contribution in [3.8, 4) is 17.2 Å². The third-order valence-electron chi connectivity index (χ3n) is 5.15. The molecule has 0 aliphatic rings. The Kier molecular flexibility index (Phi) is 9.82. The van der Waals surface area contributed by atoms with Crippen LogP contribution in [0.5, 0.6) is 17.2 Å². The molecule has 0 spiro atoms. The first-order valence-electron chi connectivity index (χ1n) is 11.6. The first-order chi connectivity index (χ1) is 17.5. The van der Waals surface area contributed by atoms with Crippen molar-refractivity contribution in [3.05, 3.63) is 102 Å². The average Bonchev–Trinajstić information content (AvgIpc) is 2.91. The first kappa shape index (κ1) is 26.2. The van der Waals surface area contributed by atoms with Crippen molar-refractivity contribution in [3.63, 3.8) is 0 Å². The van der Waals surface area contributed by atoms with Gasteiger partial charge < -0.3 is 18.9 Å². The lowest BCUT2D eigenvalue weighted by molar-refractivity contribution is -0.137. The number of benzene rings is 3. The van der Waals surface area contributed by atoms with Crippen molar-refractivity contribution < 1.29 is 33.3 Å². The van der Waals surface area contributed by atoms with Crippen molar-refractivity contribution >= 4 is 17.9 Å². The average molecular weight is 489 g/mol. The number of carbonyl (C=O) groups is 3. The van der Waals surface area contributed by atoms with Crippen LogP contribution >= 0.6 is 0 Å². The molecule has 0 saturated heterocycles. The topological polar surface area (TPSA) is 88.1 Å². The Morgan fingerprint density at radius 1 is 0.694 bits per heavy atom. The molecule has 0 aromatic heterocycles. The number of hydrogen-bond acceptors (Lipinski definition) is 7. The highest BCUT2D eigenvalue weighted by atomic mass is 16.5. The Morgan fingerprint density at radius 3 is 1.67 bits per heavy atom. The highest BCUT2D eigenvalue weighted by Crippen LogP contribution is 2.21. The van der Waals surface area contributed by atoms with Gasteiger partial charge in [-0.2, -0.15) is 0 Å². The maximum Gasteiger partial charge on any atom is 0.343 e. The summed E-state index contributed by atoms with van der Waals surface area (Å²) < 4.78 is 21.3. The summed E-state index contributed by atoms with van der Waals surface area (Å²) >= 11 is 0. The van der Waals surface area contributed by atoms with E-state index in [2.05, 4.69) is 6.58 Å². The van der Waals surface area contributed by atoms with Gasteiger partial charge in [0.1, 0.15) is 17.2 Å². The van der Waals surface area contributed by atoms with E-state index in [-0.39, 0.29) is 0 Å². The minimum absolute atomic E-state index is 0.315. The number of carbonyl (C=O) groups excluding carboxylic acids is 3. The lowest BCUT2D eigenvalue weighted by Crippen LogP contribution is -2.10. The highest BCUT2D eigenvalue weighted by Gasteiger charge is 2.11. The molecule has 7 nitrogen and oxygen atoms in total. The molecule has 3 aromatic rings. The van der Waals surface area contributed by atoms with E-state index in [0.29, 0.717) is 54.4 Å². The zero-order valence-corrected chi connectivity index (χ0v) is 20.1. The van der Waals surface area contributed by atoms with E-state index >= 15 is 0 Å². The monoisotopic (exact) mass is 488 g/mol. The van der Waals surface area contributed by atoms with E-state index in [9.17, 15) is 14.4 Å². The van der Waals surface area contributed by atoms with Crippen LogP contribution in [0.2, 0.25) is 0 Å². The van der Waals surface area contributed by atoms with E-state index < -0.39 is 17.9 Å². The van der Waals surface area contributed by atoms with E-state index in [4.69, 9.17) is 18.9 Å². The lowest BCUT2D eigenvalue weighted by Gasteiger charge is -2.09. The number of aryl methyl sites for hydroxylation is 1. The second-order valence-corrected chi connectivity index (χ2v) is 7.75. The summed E-state index contributed by atoms with van der Waals surface area (Å²) in [5.74, 6) is -0.132. The number of esters is 3. The molecule has 0 aliphatic carbocycles. The Morgan fingerprint density at radius 2 is 1.17 bits per heavy atom. The van der Waals surface area contributed by atoms with Crippen LogP contribution in [0.3, 0.4) is 0 Å². The van der Waals surface area contributed by atoms with Crippen LogP contribution < -0.4 is 14.2 Å². The predicted octanol–water partition coefficient (Wildman–Crippen LogP) is 5.58. The van der Waals surface area contributed by atoms with Gasteiger partial charge in [0.2, 0.25) is 0 Å². The van der Waals surface area contributed by atoms with Crippen molar-refractivity contribution in [1.82, 2.24) is 0 Å². The summed E-state index contributed by atoms with van der Waals surface area (Å²) in [6, 6.07) is 20.1. The molecule has 0 N–H and O–H groups in total. The van der Waals surface area contributed by atoms with Gasteiger partial charge in [-0.15, -0.1) is 0 Å². The SMILES string of the molecule is C=CC(=O)OCCCCOc1ccc(C(=O)Oc2ccc(OC(=O)c3ccc(CC)cc3)cc2)cc1. The molecule has 0 amide bonds. The molecule has 0 bridgehead atoms. The quantitative estimate of drug-likeness (QED) is 0.142. The van der Waals surface area contributed by atoms with Crippen LogP contribution in [0, 0.1) is 0 Å². The van der Waals surface area contributed by atoms with Crippen molar-refractivity contribution in [2.75, 3.05) is 13.2 Å². The van der Waals surface area contributed by atoms with E-state index in [1.807, 2.05) is 19.1 Å². The summed E-state index contributed by atoms with van der Waals surface area (Å²) in [5.41, 5.74) is 1.97. The summed E-state index contributed by atoms with van der Waals surface area (Å²) in [6.07, 6.45) is 3.41. The molecule has 0 aliphatic heterocycles. The molecule has 0 heterocycles. The fourth-order valence-corrected chi connectivity index (χ4v) is 3.10. The van der Waals surface area contributed by atoms with Gasteiger partial charge in [-0.1, -0.05) is 25.6 Å². The van der Waals surface area contributed by atoms with Gasteiger partial charge in [-0.3, -0.25) is 0 Å². The standard InChI is InChI=1S/C29H28O7/c1-3-21-7-9-22(10-8-21)28(31)35-25-15-17-26(18-16-25)36-29(32)23-11-13-24(14-12-23)33-19-5-6-20-34-27(30)4-2/h4,7-18H,2-3,5-6,19-20H2,1H3. The summed E-state index contributed by atoms with van der Waals surface area (Å²) in [5, 5.41) is 0. The Balaban J connectivity index is 1.43. The molecule has 7 heteroatoms. The molecule has 0 radical (unpaired) electrons. The molecule has 0 saturated carbocycles. The van der Waals surface area contributed by atoms with Crippen LogP contribution in [0.4, 0.5) is 0 Å². The molecule has 0 fully saturated rings. The molecule has 3 aromatic carbocycles. The Bertz CT molecular complexity index is 1160. The maximum absolute atomic E-state index is 12.4. The van der Waals surface area contributed by atoms with Crippen LogP contribution in [0.25, 0.3) is 0 Å². The number of rotatable bonds is 12. The molecule has 186 valence electrons. The van der Waals surface area contributed by atoms with Gasteiger partial charge in [0.15, 0.2) is 0 Å². The van der Waals surface area contributed by atoms with Gasteiger partial charge in [0.05, 0.1) is 24.3 Å². The molecule has 0 unspecified atom stereocenters. The Hall–Kier alpha value is -4.39. The fraction of sp³-hybridized carbons (Fsp3) is 0.207. The number of ether oxygens (including phenoxy) is 4. The van der Waals surface area contributed by atoms with Gasteiger partial charge >= 0.3 is 17.9 Å². The van der Waals surface area contributed by atoms with Crippen molar-refractivity contribution in [1.29, 1.82) is 0 Å². The highest BCUT2D eigenvalue weighted by molar-refractivity contribution is 5.92. The van der Waals surface area contributed by atoms with E-state index in [1.165, 1.54) is 0 Å². The van der Waals surface area contributed by atoms with Crippen molar-refractivity contribution in [2.24, 2.45) is 0 Å². The number of hydrogen-bond donors (Lipinski definition) is 0. The van der Waals surface area contributed by atoms with Gasteiger partial charge in [-0.05, 0) is 85.5 Å². The molecule has 0 atom stereocenters. The second kappa shape index (κ2) is 13.5. The second-order valence-electron chi connectivity index (χ2n) is 7.75.